The van der Waals surface area contributed by atoms with Gasteiger partial charge in [-0.2, -0.15) is 0 Å². The molecule has 3 aromatic carbocycles. The fourth-order valence-electron chi connectivity index (χ4n) is 4.26. The summed E-state index contributed by atoms with van der Waals surface area (Å²) >= 11 is 3.23. The quantitative estimate of drug-likeness (QED) is 0.117. The molecule has 4 aromatic rings. The number of hydrogen-bond acceptors (Lipinski definition) is 9. The number of aliphatic hydroxyl groups excluding tert-OH is 1. The van der Waals surface area contributed by atoms with Crippen LogP contribution >= 0.6 is 23.1 Å². The normalized spacial score (nSPS) is 14.3. The van der Waals surface area contributed by atoms with Gasteiger partial charge in [0.2, 0.25) is 9.84 Å². The van der Waals surface area contributed by atoms with Crippen LogP contribution in [0.2, 0.25) is 0 Å². The number of carbonyl (C=O) groups excluding carboxylic acids is 2. The topological polar surface area (TPSA) is 137 Å². The summed E-state index contributed by atoms with van der Waals surface area (Å²) in [5.41, 5.74) is 1.34. The molecule has 9 nitrogen and oxygen atoms in total. The Hall–Kier alpha value is -3.55. The Morgan fingerprint density at radius 3 is 2.66 bits per heavy atom. The number of sulfone groups is 1. The Morgan fingerprint density at radius 1 is 1.10 bits per heavy atom. The van der Waals surface area contributed by atoms with Gasteiger partial charge < -0.3 is 15.7 Å². The summed E-state index contributed by atoms with van der Waals surface area (Å²) in [6.07, 6.45) is 2.18. The summed E-state index contributed by atoms with van der Waals surface area (Å²) in [6, 6.07) is 18.4. The van der Waals surface area contributed by atoms with Crippen molar-refractivity contribution in [1.82, 2.24) is 15.6 Å². The summed E-state index contributed by atoms with van der Waals surface area (Å²) in [6.45, 7) is 2.72. The van der Waals surface area contributed by atoms with Gasteiger partial charge in [0.05, 0.1) is 27.6 Å². The van der Waals surface area contributed by atoms with E-state index >= 15 is 0 Å². The average molecular weight is 609 g/mol. The lowest BCUT2D eigenvalue weighted by Gasteiger charge is -2.10. The molecule has 0 saturated carbocycles. The molecule has 0 saturated heterocycles. The minimum atomic E-state index is -3.94. The van der Waals surface area contributed by atoms with Crippen molar-refractivity contribution >= 4 is 50.4 Å². The summed E-state index contributed by atoms with van der Waals surface area (Å²) in [7, 11) is -3.94. The molecular formula is C29H28N4O5S3. The molecule has 1 unspecified atom stereocenters. The Morgan fingerprint density at radius 2 is 1.88 bits per heavy atom. The van der Waals surface area contributed by atoms with Crippen molar-refractivity contribution in [2.24, 2.45) is 0 Å². The first kappa shape index (κ1) is 29.0. The zero-order valence-corrected chi connectivity index (χ0v) is 24.5. The summed E-state index contributed by atoms with van der Waals surface area (Å²) in [5, 5.41) is 18.5. The molecule has 5 rings (SSSR count). The molecule has 1 aromatic heterocycles. The van der Waals surface area contributed by atoms with E-state index in [0.717, 1.165) is 39.1 Å². The van der Waals surface area contributed by atoms with Gasteiger partial charge in [0.15, 0.2) is 0 Å². The van der Waals surface area contributed by atoms with E-state index in [1.165, 1.54) is 41.7 Å². The van der Waals surface area contributed by atoms with E-state index in [4.69, 9.17) is 0 Å². The van der Waals surface area contributed by atoms with E-state index < -0.39 is 27.9 Å². The molecule has 4 N–H and O–H groups in total. The number of aromatic nitrogens is 1. The molecular weight excluding hydrogens is 581 g/mol. The number of nitrogens with one attached hydrogen (secondary N) is 3. The van der Waals surface area contributed by atoms with Gasteiger partial charge in [-0.15, -0.1) is 23.1 Å². The van der Waals surface area contributed by atoms with Crippen molar-refractivity contribution in [3.63, 3.8) is 0 Å². The molecule has 212 valence electrons. The van der Waals surface area contributed by atoms with E-state index in [0.29, 0.717) is 0 Å². The fraction of sp³-hybridized carbons (Fsp3) is 0.207. The maximum atomic E-state index is 13.2. The van der Waals surface area contributed by atoms with Crippen LogP contribution in [0.1, 0.15) is 38.9 Å². The largest absolute Gasteiger partial charge is 0.379 e. The van der Waals surface area contributed by atoms with Gasteiger partial charge in [-0.1, -0.05) is 24.3 Å². The van der Waals surface area contributed by atoms with E-state index in [2.05, 4.69) is 33.1 Å². The van der Waals surface area contributed by atoms with Crippen LogP contribution in [0.15, 0.2) is 87.6 Å². The number of nitrogens with zero attached hydrogens (tertiary/aromatic N) is 1. The van der Waals surface area contributed by atoms with Crippen LogP contribution in [-0.4, -0.2) is 48.8 Å². The highest BCUT2D eigenvalue weighted by Crippen LogP contribution is 2.34. The lowest BCUT2D eigenvalue weighted by Crippen LogP contribution is -2.26. The van der Waals surface area contributed by atoms with E-state index in [1.807, 2.05) is 12.1 Å². The predicted molar refractivity (Wildman–Crippen MR) is 160 cm³/mol. The first-order valence-electron chi connectivity index (χ1n) is 12.9. The number of thiazole rings is 1. The van der Waals surface area contributed by atoms with Crippen LogP contribution in [0.4, 0.5) is 5.69 Å². The van der Waals surface area contributed by atoms with Gasteiger partial charge in [0.25, 0.3) is 11.8 Å². The molecule has 41 heavy (non-hydrogen) atoms. The van der Waals surface area contributed by atoms with Gasteiger partial charge in [-0.25, -0.2) is 13.4 Å². The maximum absolute atomic E-state index is 13.2. The summed E-state index contributed by atoms with van der Waals surface area (Å²) < 4.78 is 26.3. The molecule has 1 aliphatic heterocycles. The molecule has 0 fully saturated rings. The zero-order chi connectivity index (χ0) is 29.0. The van der Waals surface area contributed by atoms with Crippen molar-refractivity contribution in [3.05, 3.63) is 88.9 Å². The Bertz CT molecular complexity index is 1680. The first-order valence-corrected chi connectivity index (χ1v) is 16.2. The molecule has 0 bridgehead atoms. The average Bonchev–Trinajstić information content (AvgIpc) is 3.42. The van der Waals surface area contributed by atoms with E-state index in [9.17, 15) is 23.1 Å². The maximum Gasteiger partial charge on any atom is 0.257 e. The predicted octanol–water partition coefficient (Wildman–Crippen LogP) is 4.55. The minimum absolute atomic E-state index is 0.0581. The van der Waals surface area contributed by atoms with Crippen molar-refractivity contribution in [3.8, 4) is 10.6 Å². The van der Waals surface area contributed by atoms with Crippen LogP contribution in [0, 0.1) is 0 Å². The van der Waals surface area contributed by atoms with Crippen LogP contribution in [0.3, 0.4) is 0 Å². The molecule has 2 amide bonds. The number of anilines is 1. The number of rotatable bonds is 10. The van der Waals surface area contributed by atoms with Crippen molar-refractivity contribution in [1.29, 1.82) is 0 Å². The minimum Gasteiger partial charge on any atom is -0.379 e. The standard InChI is InChI=1S/C29H28N4O5S3/c1-18(34)30-13-4-14-39-21-10-7-19(8-11-21)29-32-17-22(40-29)16-31-27(35)20-9-12-26-24(15-20)33-28(36)23-5-2-3-6-25(23)41(26,37)38/h2-3,5-12,15,17-18,30,34H,4,13-14,16H2,1H3,(H,31,35)(H,33,36). The number of aliphatic hydroxyl groups is 1. The SMILES string of the molecule is CC(O)NCCCSc1ccc(-c2ncc(CNC(=O)c3ccc4c(c3)NC(=O)c3ccccc3S4(=O)=O)s2)cc1. The lowest BCUT2D eigenvalue weighted by molar-refractivity contribution is 0.0949. The van der Waals surface area contributed by atoms with Crippen LogP contribution < -0.4 is 16.0 Å². The monoisotopic (exact) mass is 608 g/mol. The number of carbonyl (C=O) groups is 2. The van der Waals surface area contributed by atoms with Gasteiger partial charge in [-0.05, 0) is 68.1 Å². The zero-order valence-electron chi connectivity index (χ0n) is 22.1. The van der Waals surface area contributed by atoms with Gasteiger partial charge in [0.1, 0.15) is 11.2 Å². The van der Waals surface area contributed by atoms with E-state index in [-0.39, 0.29) is 33.2 Å². The van der Waals surface area contributed by atoms with Gasteiger partial charge >= 0.3 is 0 Å². The first-order chi connectivity index (χ1) is 19.7. The third-order valence-electron chi connectivity index (χ3n) is 6.31. The van der Waals surface area contributed by atoms with Crippen LogP contribution in [-0.2, 0) is 16.4 Å². The summed E-state index contributed by atoms with van der Waals surface area (Å²) in [5.74, 6) is -0.00396. The highest BCUT2D eigenvalue weighted by atomic mass is 32.2. The summed E-state index contributed by atoms with van der Waals surface area (Å²) in [4.78, 5) is 32.0. The molecule has 1 atom stereocenters. The van der Waals surface area contributed by atoms with Crippen LogP contribution in [0.25, 0.3) is 10.6 Å². The highest BCUT2D eigenvalue weighted by Gasteiger charge is 2.31. The van der Waals surface area contributed by atoms with Crippen LogP contribution in [0.5, 0.6) is 0 Å². The molecule has 0 aliphatic carbocycles. The number of hydrogen-bond donors (Lipinski definition) is 4. The highest BCUT2D eigenvalue weighted by molar-refractivity contribution is 7.99. The third kappa shape index (κ3) is 6.68. The number of thioether (sulfide) groups is 1. The van der Waals surface area contributed by atoms with E-state index in [1.54, 1.807) is 37.0 Å². The Labute approximate surface area is 246 Å². The van der Waals surface area contributed by atoms with Crippen molar-refractivity contribution < 1.29 is 23.1 Å². The second-order valence-corrected chi connectivity index (χ2v) is 13.5. The van der Waals surface area contributed by atoms with Gasteiger partial charge in [-0.3, -0.25) is 14.9 Å². The number of benzene rings is 3. The molecule has 0 spiro atoms. The smallest absolute Gasteiger partial charge is 0.257 e. The lowest BCUT2D eigenvalue weighted by atomic mass is 10.1. The van der Waals surface area contributed by atoms with Crippen molar-refractivity contribution in [2.75, 3.05) is 17.6 Å². The van der Waals surface area contributed by atoms with Gasteiger partial charge in [0, 0.05) is 27.1 Å². The Kier molecular flexibility index (Phi) is 8.85. The fourth-order valence-corrected chi connectivity index (χ4v) is 7.56. The Balaban J connectivity index is 1.20. The third-order valence-corrected chi connectivity index (χ3v) is 10.3. The number of amides is 2. The number of fused-ring (bicyclic) bond motifs is 2. The molecule has 0 radical (unpaired) electrons. The molecule has 1 aliphatic rings. The van der Waals surface area contributed by atoms with Crippen molar-refractivity contribution in [2.45, 2.75) is 40.8 Å². The molecule has 2 heterocycles. The second-order valence-electron chi connectivity index (χ2n) is 9.34. The molecule has 12 heteroatoms. The second kappa shape index (κ2) is 12.5.